The van der Waals surface area contributed by atoms with Gasteiger partial charge in [-0.3, -0.25) is 24.6 Å². The van der Waals surface area contributed by atoms with Crippen LogP contribution < -0.4 is 15.4 Å². The average molecular weight is 527 g/mol. The first kappa shape index (κ1) is 25.5. The Labute approximate surface area is 228 Å². The lowest BCUT2D eigenvalue weighted by Crippen LogP contribution is -2.54. The van der Waals surface area contributed by atoms with Crippen molar-refractivity contribution < 1.29 is 19.1 Å². The first-order valence-electron chi connectivity index (χ1n) is 13.9. The van der Waals surface area contributed by atoms with Gasteiger partial charge in [0.1, 0.15) is 17.9 Å². The lowest BCUT2D eigenvalue weighted by Gasteiger charge is -2.39. The molecule has 2 N–H and O–H groups in total. The number of likely N-dealkylation sites (N-methyl/N-ethyl adjacent to an activating group) is 1. The van der Waals surface area contributed by atoms with Crippen LogP contribution in [0.5, 0.6) is 5.75 Å². The van der Waals surface area contributed by atoms with Gasteiger partial charge in [0.15, 0.2) is 0 Å². The van der Waals surface area contributed by atoms with Crippen LogP contribution in [0, 0.1) is 0 Å². The Kier molecular flexibility index (Phi) is 7.06. The number of likely N-dealkylation sites (tertiary alicyclic amines) is 1. The molecule has 2 fully saturated rings. The van der Waals surface area contributed by atoms with Gasteiger partial charge in [-0.05, 0) is 65.6 Å². The first-order valence-corrected chi connectivity index (χ1v) is 13.9. The SMILES string of the molecule is CCN[C@@H]1CCN(Cc2ccc3ccccc3c2)C[C@H]1Oc1ccc2c(c1)CN(C1CCC(=O)NC1=O)C2=O. The third-order valence-corrected chi connectivity index (χ3v) is 8.11. The highest BCUT2D eigenvalue weighted by molar-refractivity contribution is 6.05. The molecule has 202 valence electrons. The van der Waals surface area contributed by atoms with Crippen molar-refractivity contribution in [2.75, 3.05) is 19.6 Å². The molecule has 8 heteroatoms. The molecule has 3 heterocycles. The topological polar surface area (TPSA) is 91.0 Å². The largest absolute Gasteiger partial charge is 0.487 e. The predicted molar refractivity (Wildman–Crippen MR) is 148 cm³/mol. The summed E-state index contributed by atoms with van der Waals surface area (Å²) in [6, 6.07) is 20.3. The van der Waals surface area contributed by atoms with Crippen LogP contribution in [0.15, 0.2) is 60.7 Å². The second-order valence-electron chi connectivity index (χ2n) is 10.7. The Morgan fingerprint density at radius 2 is 1.85 bits per heavy atom. The minimum absolute atomic E-state index is 0.0412. The lowest BCUT2D eigenvalue weighted by molar-refractivity contribution is -0.136. The zero-order valence-electron chi connectivity index (χ0n) is 22.2. The van der Waals surface area contributed by atoms with Crippen molar-refractivity contribution in [1.29, 1.82) is 0 Å². The van der Waals surface area contributed by atoms with E-state index < -0.39 is 11.9 Å². The summed E-state index contributed by atoms with van der Waals surface area (Å²) >= 11 is 0. The third-order valence-electron chi connectivity index (χ3n) is 8.11. The van der Waals surface area contributed by atoms with Crippen LogP contribution in [0.4, 0.5) is 0 Å². The number of nitrogens with zero attached hydrogens (tertiary/aromatic N) is 2. The fraction of sp³-hybridized carbons (Fsp3) is 0.387. The first-order chi connectivity index (χ1) is 19.0. The normalized spacial score (nSPS) is 23.7. The predicted octanol–water partition coefficient (Wildman–Crippen LogP) is 3.23. The number of amides is 3. The maximum absolute atomic E-state index is 13.1. The Balaban J connectivity index is 1.15. The minimum Gasteiger partial charge on any atom is -0.487 e. The number of benzene rings is 3. The molecule has 0 bridgehead atoms. The smallest absolute Gasteiger partial charge is 0.255 e. The molecular weight excluding hydrogens is 492 g/mol. The number of hydrogen-bond donors (Lipinski definition) is 2. The Bertz CT molecular complexity index is 1420. The van der Waals surface area contributed by atoms with Crippen LogP contribution in [0.2, 0.25) is 0 Å². The average Bonchev–Trinajstić information content (AvgIpc) is 3.25. The van der Waals surface area contributed by atoms with Crippen molar-refractivity contribution >= 4 is 28.5 Å². The van der Waals surface area contributed by atoms with Gasteiger partial charge in [-0.2, -0.15) is 0 Å². The number of carbonyl (C=O) groups excluding carboxylic acids is 3. The fourth-order valence-electron chi connectivity index (χ4n) is 6.13. The van der Waals surface area contributed by atoms with Crippen LogP contribution >= 0.6 is 0 Å². The summed E-state index contributed by atoms with van der Waals surface area (Å²) in [5, 5.41) is 8.46. The Morgan fingerprint density at radius 1 is 1.00 bits per heavy atom. The van der Waals surface area contributed by atoms with Crippen LogP contribution in [0.25, 0.3) is 10.8 Å². The van der Waals surface area contributed by atoms with Crippen molar-refractivity contribution in [3.05, 3.63) is 77.4 Å². The van der Waals surface area contributed by atoms with Crippen LogP contribution in [-0.2, 0) is 22.7 Å². The summed E-state index contributed by atoms with van der Waals surface area (Å²) in [7, 11) is 0. The van der Waals surface area contributed by atoms with Gasteiger partial charge in [0.05, 0.1) is 0 Å². The molecule has 3 aromatic carbocycles. The van der Waals surface area contributed by atoms with E-state index in [2.05, 4.69) is 64.9 Å². The van der Waals surface area contributed by atoms with Crippen LogP contribution in [-0.4, -0.2) is 65.3 Å². The summed E-state index contributed by atoms with van der Waals surface area (Å²) in [6.45, 7) is 5.97. The lowest BCUT2D eigenvalue weighted by atomic mass is 10.00. The zero-order chi connectivity index (χ0) is 26.9. The zero-order valence-corrected chi connectivity index (χ0v) is 22.2. The van der Waals surface area contributed by atoms with Gasteiger partial charge in [-0.25, -0.2) is 0 Å². The summed E-state index contributed by atoms with van der Waals surface area (Å²) in [5.74, 6) is -0.123. The van der Waals surface area contributed by atoms with Crippen molar-refractivity contribution in [3.63, 3.8) is 0 Å². The van der Waals surface area contributed by atoms with E-state index in [4.69, 9.17) is 4.74 Å². The standard InChI is InChI=1S/C31H34N4O4/c1-2-32-26-13-14-34(17-20-7-8-21-5-3-4-6-22(21)15-20)19-28(26)39-24-9-10-25-23(16-24)18-35(31(25)38)27-11-12-29(36)33-30(27)37/h3-10,15-16,26-28,32H,2,11-14,17-19H2,1H3,(H,33,36,37)/t26-,27?,28-/m1/s1. The quantitative estimate of drug-likeness (QED) is 0.460. The molecule has 8 nitrogen and oxygen atoms in total. The molecule has 3 aliphatic heterocycles. The van der Waals surface area contributed by atoms with E-state index in [1.165, 1.54) is 16.3 Å². The number of fused-ring (bicyclic) bond motifs is 2. The molecule has 6 rings (SSSR count). The van der Waals surface area contributed by atoms with Gasteiger partial charge in [0.25, 0.3) is 5.91 Å². The van der Waals surface area contributed by atoms with Gasteiger partial charge >= 0.3 is 0 Å². The molecular formula is C31H34N4O4. The molecule has 3 aromatic rings. The molecule has 2 saturated heterocycles. The molecule has 0 saturated carbocycles. The van der Waals surface area contributed by atoms with E-state index in [-0.39, 0.29) is 30.4 Å². The van der Waals surface area contributed by atoms with Crippen molar-refractivity contribution in [1.82, 2.24) is 20.4 Å². The summed E-state index contributed by atoms with van der Waals surface area (Å²) in [5.41, 5.74) is 2.74. The number of ether oxygens (including phenoxy) is 1. The highest BCUT2D eigenvalue weighted by atomic mass is 16.5. The monoisotopic (exact) mass is 526 g/mol. The molecule has 0 spiro atoms. The highest BCUT2D eigenvalue weighted by Crippen LogP contribution is 2.31. The summed E-state index contributed by atoms with van der Waals surface area (Å²) in [6.07, 6.45) is 1.54. The van der Waals surface area contributed by atoms with Gasteiger partial charge in [0.2, 0.25) is 11.8 Å². The molecule has 0 aliphatic carbocycles. The van der Waals surface area contributed by atoms with Crippen molar-refractivity contribution in [3.8, 4) is 5.75 Å². The van der Waals surface area contributed by atoms with E-state index >= 15 is 0 Å². The minimum atomic E-state index is -0.618. The molecule has 0 radical (unpaired) electrons. The molecule has 39 heavy (non-hydrogen) atoms. The molecule has 0 aromatic heterocycles. The third kappa shape index (κ3) is 5.27. The molecule has 3 aliphatic rings. The van der Waals surface area contributed by atoms with E-state index in [0.29, 0.717) is 18.5 Å². The van der Waals surface area contributed by atoms with Crippen LogP contribution in [0.1, 0.15) is 47.7 Å². The van der Waals surface area contributed by atoms with Gasteiger partial charge in [-0.1, -0.05) is 43.3 Å². The second kappa shape index (κ2) is 10.8. The second-order valence-corrected chi connectivity index (χ2v) is 10.7. The Morgan fingerprint density at radius 3 is 2.67 bits per heavy atom. The number of rotatable bonds is 7. The summed E-state index contributed by atoms with van der Waals surface area (Å²) < 4.78 is 6.58. The van der Waals surface area contributed by atoms with Gasteiger partial charge in [-0.15, -0.1) is 0 Å². The number of nitrogens with one attached hydrogen (secondary N) is 2. The maximum Gasteiger partial charge on any atom is 0.255 e. The molecule has 1 unspecified atom stereocenters. The number of piperidine rings is 2. The maximum atomic E-state index is 13.1. The number of carbonyl (C=O) groups is 3. The van der Waals surface area contributed by atoms with E-state index in [1.54, 1.807) is 11.0 Å². The molecule has 3 amide bonds. The van der Waals surface area contributed by atoms with Gasteiger partial charge in [0, 0.05) is 44.2 Å². The fourth-order valence-corrected chi connectivity index (χ4v) is 6.13. The highest BCUT2D eigenvalue weighted by Gasteiger charge is 2.39. The van der Waals surface area contributed by atoms with Crippen molar-refractivity contribution in [2.45, 2.75) is 57.5 Å². The van der Waals surface area contributed by atoms with E-state index in [0.717, 1.165) is 43.9 Å². The van der Waals surface area contributed by atoms with E-state index in [1.807, 2.05) is 12.1 Å². The number of imide groups is 1. The van der Waals surface area contributed by atoms with Crippen molar-refractivity contribution in [2.24, 2.45) is 0 Å². The summed E-state index contributed by atoms with van der Waals surface area (Å²) in [4.78, 5) is 41.0. The van der Waals surface area contributed by atoms with E-state index in [9.17, 15) is 14.4 Å². The van der Waals surface area contributed by atoms with Gasteiger partial charge < -0.3 is 15.0 Å². The van der Waals surface area contributed by atoms with Crippen LogP contribution in [0.3, 0.4) is 0 Å². The molecule has 3 atom stereocenters. The Hall–Kier alpha value is -3.75. The number of hydrogen-bond acceptors (Lipinski definition) is 6.